The molecule has 11 heavy (non-hydrogen) atoms. The van der Waals surface area contributed by atoms with Crippen molar-refractivity contribution in [3.8, 4) is 11.8 Å². The number of halogens is 1. The molecule has 0 aromatic heterocycles. The second-order valence-corrected chi connectivity index (χ2v) is 3.40. The topological polar surface area (TPSA) is 0 Å². The lowest BCUT2D eigenvalue weighted by atomic mass is 10.1. The Bertz CT molecular complexity index is 119. The Balaban J connectivity index is 2.96. The first kappa shape index (κ1) is 11.0. The van der Waals surface area contributed by atoms with Crippen LogP contribution in [-0.4, -0.2) is 5.33 Å². The Morgan fingerprint density at radius 3 is 2.36 bits per heavy atom. The summed E-state index contributed by atoms with van der Waals surface area (Å²) in [6.07, 6.45) is 7.39. The van der Waals surface area contributed by atoms with E-state index in [1.54, 1.807) is 0 Å². The second-order valence-electron chi connectivity index (χ2n) is 2.60. The van der Waals surface area contributed by atoms with Crippen molar-refractivity contribution >= 4 is 15.9 Å². The summed E-state index contributed by atoms with van der Waals surface area (Å²) >= 11 is 3.34. The van der Waals surface area contributed by atoms with Crippen molar-refractivity contribution in [3.05, 3.63) is 0 Å². The average molecular weight is 217 g/mol. The van der Waals surface area contributed by atoms with Crippen LogP contribution in [0.15, 0.2) is 0 Å². The van der Waals surface area contributed by atoms with E-state index in [9.17, 15) is 0 Å². The minimum Gasteiger partial charge on any atom is -0.103 e. The molecule has 0 aliphatic carbocycles. The molecule has 0 heterocycles. The molecule has 0 spiro atoms. The predicted molar refractivity (Wildman–Crippen MR) is 54.9 cm³/mol. The zero-order valence-corrected chi connectivity index (χ0v) is 8.91. The maximum Gasteiger partial charge on any atom is 0.0186 e. The third kappa shape index (κ3) is 10.0. The zero-order chi connectivity index (χ0) is 8.36. The van der Waals surface area contributed by atoms with Gasteiger partial charge in [-0.2, -0.15) is 0 Å². The van der Waals surface area contributed by atoms with E-state index in [0.29, 0.717) is 0 Å². The van der Waals surface area contributed by atoms with E-state index in [1.807, 2.05) is 0 Å². The third-order valence-electron chi connectivity index (χ3n) is 1.50. The summed E-state index contributed by atoms with van der Waals surface area (Å²) in [5.74, 6) is 6.28. The molecule has 0 aliphatic heterocycles. The molecular weight excluding hydrogens is 200 g/mol. The quantitative estimate of drug-likeness (QED) is 0.374. The van der Waals surface area contributed by atoms with E-state index in [4.69, 9.17) is 0 Å². The van der Waals surface area contributed by atoms with Crippen molar-refractivity contribution in [3.63, 3.8) is 0 Å². The lowest BCUT2D eigenvalue weighted by Gasteiger charge is -1.91. The summed E-state index contributed by atoms with van der Waals surface area (Å²) in [6, 6.07) is 0. The van der Waals surface area contributed by atoms with Gasteiger partial charge in [-0.3, -0.25) is 0 Å². The van der Waals surface area contributed by atoms with Crippen molar-refractivity contribution in [2.45, 2.75) is 45.4 Å². The van der Waals surface area contributed by atoms with Crippen molar-refractivity contribution in [1.82, 2.24) is 0 Å². The van der Waals surface area contributed by atoms with Crippen LogP contribution in [0.3, 0.4) is 0 Å². The minimum atomic E-state index is 0.994. The number of hydrogen-bond donors (Lipinski definition) is 0. The summed E-state index contributed by atoms with van der Waals surface area (Å²) in [4.78, 5) is 0. The molecule has 0 bridgehead atoms. The van der Waals surface area contributed by atoms with Gasteiger partial charge in [0.1, 0.15) is 0 Å². The maximum absolute atomic E-state index is 3.34. The molecule has 0 atom stereocenters. The smallest absolute Gasteiger partial charge is 0.0186 e. The van der Waals surface area contributed by atoms with E-state index in [0.717, 1.165) is 18.2 Å². The molecule has 0 rings (SSSR count). The van der Waals surface area contributed by atoms with Gasteiger partial charge >= 0.3 is 0 Å². The highest BCUT2D eigenvalue weighted by Gasteiger charge is 1.83. The van der Waals surface area contributed by atoms with E-state index in [2.05, 4.69) is 34.7 Å². The lowest BCUT2D eigenvalue weighted by Crippen LogP contribution is -1.74. The van der Waals surface area contributed by atoms with Gasteiger partial charge in [-0.15, -0.1) is 11.8 Å². The SMILES string of the molecule is CCCCCCC#CCCBr. The molecule has 64 valence electrons. The minimum absolute atomic E-state index is 0.994. The van der Waals surface area contributed by atoms with Gasteiger partial charge in [0.15, 0.2) is 0 Å². The van der Waals surface area contributed by atoms with Crippen LogP contribution in [0, 0.1) is 11.8 Å². The largest absolute Gasteiger partial charge is 0.103 e. The normalized spacial score (nSPS) is 8.91. The van der Waals surface area contributed by atoms with E-state index >= 15 is 0 Å². The van der Waals surface area contributed by atoms with E-state index in [-0.39, 0.29) is 0 Å². The van der Waals surface area contributed by atoms with Crippen molar-refractivity contribution in [2.24, 2.45) is 0 Å². The molecule has 0 amide bonds. The van der Waals surface area contributed by atoms with Crippen LogP contribution in [0.4, 0.5) is 0 Å². The van der Waals surface area contributed by atoms with Gasteiger partial charge in [-0.05, 0) is 6.42 Å². The Hall–Kier alpha value is 0.0400. The number of unbranched alkanes of at least 4 members (excludes halogenated alkanes) is 4. The molecule has 0 aliphatic rings. The fourth-order valence-electron chi connectivity index (χ4n) is 0.864. The highest BCUT2D eigenvalue weighted by Crippen LogP contribution is 2.00. The first-order valence-corrected chi connectivity index (χ1v) is 5.55. The molecular formula is C10H17Br. The fourth-order valence-corrected chi connectivity index (χ4v) is 1.06. The number of hydrogen-bond acceptors (Lipinski definition) is 0. The molecule has 1 heteroatoms. The molecule has 0 unspecified atom stereocenters. The standard InChI is InChI=1S/C10H17Br/c1-2-3-4-5-6-7-8-9-10-11/h2-6,9-10H2,1H3. The molecule has 0 nitrogen and oxygen atoms in total. The van der Waals surface area contributed by atoms with Crippen molar-refractivity contribution < 1.29 is 0 Å². The van der Waals surface area contributed by atoms with Gasteiger partial charge in [0.05, 0.1) is 0 Å². The van der Waals surface area contributed by atoms with Crippen LogP contribution in [0.2, 0.25) is 0 Å². The lowest BCUT2D eigenvalue weighted by molar-refractivity contribution is 0.679. The molecule has 0 saturated carbocycles. The summed E-state index contributed by atoms with van der Waals surface area (Å²) < 4.78 is 0. The highest BCUT2D eigenvalue weighted by atomic mass is 79.9. The van der Waals surface area contributed by atoms with E-state index < -0.39 is 0 Å². The summed E-state index contributed by atoms with van der Waals surface area (Å²) in [5, 5.41) is 1.01. The molecule has 0 N–H and O–H groups in total. The monoisotopic (exact) mass is 216 g/mol. The number of rotatable bonds is 5. The summed E-state index contributed by atoms with van der Waals surface area (Å²) in [6.45, 7) is 2.23. The zero-order valence-electron chi connectivity index (χ0n) is 7.33. The molecule has 0 aromatic rings. The summed E-state index contributed by atoms with van der Waals surface area (Å²) in [7, 11) is 0. The van der Waals surface area contributed by atoms with Gasteiger partial charge < -0.3 is 0 Å². The van der Waals surface area contributed by atoms with Gasteiger partial charge in [-0.1, -0.05) is 42.1 Å². The Morgan fingerprint density at radius 2 is 1.73 bits per heavy atom. The van der Waals surface area contributed by atoms with Crippen molar-refractivity contribution in [1.29, 1.82) is 0 Å². The van der Waals surface area contributed by atoms with Crippen molar-refractivity contribution in [2.75, 3.05) is 5.33 Å². The third-order valence-corrected chi connectivity index (χ3v) is 1.90. The molecule has 0 fully saturated rings. The van der Waals surface area contributed by atoms with Gasteiger partial charge in [-0.25, -0.2) is 0 Å². The number of alkyl halides is 1. The highest BCUT2D eigenvalue weighted by molar-refractivity contribution is 9.09. The van der Waals surface area contributed by atoms with Crippen LogP contribution in [-0.2, 0) is 0 Å². The van der Waals surface area contributed by atoms with Crippen LogP contribution >= 0.6 is 15.9 Å². The Morgan fingerprint density at radius 1 is 1.00 bits per heavy atom. The fraction of sp³-hybridized carbons (Fsp3) is 0.800. The van der Waals surface area contributed by atoms with E-state index in [1.165, 1.54) is 25.7 Å². The molecule has 0 aromatic carbocycles. The van der Waals surface area contributed by atoms with Crippen LogP contribution in [0.5, 0.6) is 0 Å². The first-order valence-electron chi connectivity index (χ1n) is 4.43. The Labute approximate surface area is 78.9 Å². The average Bonchev–Trinajstić information content (AvgIpc) is 2.03. The van der Waals surface area contributed by atoms with Gasteiger partial charge in [0.2, 0.25) is 0 Å². The maximum atomic E-state index is 3.34. The Kier molecular flexibility index (Phi) is 10.1. The molecule has 0 radical (unpaired) electrons. The van der Waals surface area contributed by atoms with Crippen LogP contribution in [0.1, 0.15) is 45.4 Å². The predicted octanol–water partition coefficient (Wildman–Crippen LogP) is 3.75. The van der Waals surface area contributed by atoms with Crippen LogP contribution < -0.4 is 0 Å². The first-order chi connectivity index (χ1) is 5.41. The van der Waals surface area contributed by atoms with Crippen LogP contribution in [0.25, 0.3) is 0 Å². The summed E-state index contributed by atoms with van der Waals surface area (Å²) in [5.41, 5.74) is 0. The molecule has 0 saturated heterocycles. The van der Waals surface area contributed by atoms with Gasteiger partial charge in [0, 0.05) is 18.2 Å². The van der Waals surface area contributed by atoms with Gasteiger partial charge in [0.25, 0.3) is 0 Å². The second kappa shape index (κ2) is 10.0.